The highest BCUT2D eigenvalue weighted by Gasteiger charge is 2.22. The molecule has 31 heavy (non-hydrogen) atoms. The number of nitrogens with one attached hydrogen (secondary N) is 3. The van der Waals surface area contributed by atoms with E-state index in [1.165, 1.54) is 6.20 Å². The second-order valence-corrected chi connectivity index (χ2v) is 8.02. The number of halogens is 4. The summed E-state index contributed by atoms with van der Waals surface area (Å²) in [5.74, 6) is 0.565. The van der Waals surface area contributed by atoms with Crippen molar-refractivity contribution in [2.75, 3.05) is 48.3 Å². The minimum Gasteiger partial charge on any atom is -0.359 e. The molecule has 7 nitrogen and oxygen atoms in total. The maximum Gasteiger partial charge on any atom is 0.323 e. The Morgan fingerprint density at radius 3 is 2.65 bits per heavy atom. The fraction of sp³-hybridized carbons (Fsp3) is 0.300. The number of rotatable bonds is 5. The first-order valence-electron chi connectivity index (χ1n) is 9.64. The van der Waals surface area contributed by atoms with Gasteiger partial charge in [-0.25, -0.2) is 18.6 Å². The van der Waals surface area contributed by atoms with Gasteiger partial charge in [0.25, 0.3) is 6.43 Å². The summed E-state index contributed by atoms with van der Waals surface area (Å²) in [7, 11) is 0. The molecule has 0 spiro atoms. The zero-order valence-electron chi connectivity index (χ0n) is 16.3. The second kappa shape index (κ2) is 9.25. The van der Waals surface area contributed by atoms with Crippen LogP contribution in [-0.2, 0) is 0 Å². The van der Waals surface area contributed by atoms with E-state index in [1.807, 2.05) is 11.0 Å². The lowest BCUT2D eigenvalue weighted by atomic mass is 10.2. The highest BCUT2D eigenvalue weighted by Crippen LogP contribution is 2.28. The Bertz CT molecular complexity index is 1080. The van der Waals surface area contributed by atoms with Crippen molar-refractivity contribution in [1.29, 1.82) is 0 Å². The molecule has 3 aromatic rings. The molecule has 0 saturated carbocycles. The molecule has 1 aliphatic heterocycles. The molecule has 0 radical (unpaired) electrons. The first-order valence-corrected chi connectivity index (χ1v) is 10.4. The van der Waals surface area contributed by atoms with Crippen molar-refractivity contribution in [2.45, 2.75) is 6.43 Å². The molecule has 1 fully saturated rings. The Morgan fingerprint density at radius 1 is 1.16 bits per heavy atom. The Labute approximate surface area is 187 Å². The van der Waals surface area contributed by atoms with Crippen molar-refractivity contribution >= 4 is 57.3 Å². The van der Waals surface area contributed by atoms with Crippen LogP contribution in [0.15, 0.2) is 36.7 Å². The number of benzene rings is 1. The van der Waals surface area contributed by atoms with Gasteiger partial charge in [-0.1, -0.05) is 23.2 Å². The number of nitrogens with zero attached hydrogens (tertiary/aromatic N) is 3. The first-order chi connectivity index (χ1) is 14.9. The molecule has 4 rings (SSSR count). The minimum atomic E-state index is -2.34. The van der Waals surface area contributed by atoms with Crippen LogP contribution >= 0.6 is 23.2 Å². The third kappa shape index (κ3) is 5.17. The third-order valence-electron chi connectivity index (χ3n) is 5.04. The van der Waals surface area contributed by atoms with Gasteiger partial charge in [-0.3, -0.25) is 4.90 Å². The van der Waals surface area contributed by atoms with Gasteiger partial charge in [0.05, 0.1) is 29.1 Å². The van der Waals surface area contributed by atoms with E-state index in [-0.39, 0.29) is 6.54 Å². The van der Waals surface area contributed by atoms with Gasteiger partial charge in [-0.2, -0.15) is 0 Å². The Morgan fingerprint density at radius 2 is 1.94 bits per heavy atom. The van der Waals surface area contributed by atoms with Crippen LogP contribution in [0.2, 0.25) is 10.0 Å². The molecule has 0 aliphatic carbocycles. The van der Waals surface area contributed by atoms with E-state index in [4.69, 9.17) is 23.2 Å². The molecule has 1 aliphatic rings. The van der Waals surface area contributed by atoms with Crippen molar-refractivity contribution in [3.8, 4) is 0 Å². The van der Waals surface area contributed by atoms with Crippen molar-refractivity contribution < 1.29 is 13.6 Å². The molecule has 164 valence electrons. The Hall–Kier alpha value is -2.62. The quantitative estimate of drug-likeness (QED) is 0.497. The molecule has 0 atom stereocenters. The Balaban J connectivity index is 1.38. The number of aromatic amines is 1. The zero-order chi connectivity index (χ0) is 22.0. The van der Waals surface area contributed by atoms with E-state index in [9.17, 15) is 13.6 Å². The van der Waals surface area contributed by atoms with Crippen LogP contribution in [0.25, 0.3) is 10.9 Å². The van der Waals surface area contributed by atoms with Gasteiger partial charge >= 0.3 is 6.03 Å². The van der Waals surface area contributed by atoms with Gasteiger partial charge in [-0.15, -0.1) is 0 Å². The van der Waals surface area contributed by atoms with E-state index in [2.05, 4.69) is 20.6 Å². The normalized spacial score (nSPS) is 14.9. The summed E-state index contributed by atoms with van der Waals surface area (Å²) in [6.45, 7) is 1.90. The number of hydrogen-bond donors (Lipinski definition) is 3. The molecule has 11 heteroatoms. The van der Waals surface area contributed by atoms with Gasteiger partial charge < -0.3 is 20.5 Å². The highest BCUT2D eigenvalue weighted by molar-refractivity contribution is 6.33. The first kappa shape index (κ1) is 21.6. The highest BCUT2D eigenvalue weighted by atomic mass is 35.5. The van der Waals surface area contributed by atoms with Crippen molar-refractivity contribution in [2.24, 2.45) is 0 Å². The number of hydrogen-bond acceptors (Lipinski definition) is 4. The van der Waals surface area contributed by atoms with Crippen molar-refractivity contribution in [3.05, 3.63) is 46.7 Å². The maximum atomic E-state index is 12.5. The summed E-state index contributed by atoms with van der Waals surface area (Å²) in [5, 5.41) is 7.21. The molecule has 0 bridgehead atoms. The standard InChI is InChI=1S/C20H20Cl2F2N6O/c21-12-1-2-16-14(7-12)17(10-25-16)28-20(31)27-13-8-15(22)19(26-9-13)30-5-3-29(4-6-30)11-18(23)24/h1-2,7-10,18,25H,3-6,11H2,(H2,27,28,31). The average Bonchev–Trinajstić information content (AvgIpc) is 3.10. The molecule has 3 N–H and O–H groups in total. The number of fused-ring (bicyclic) bond motifs is 1. The minimum absolute atomic E-state index is 0.227. The van der Waals surface area contributed by atoms with Crippen LogP contribution in [0.1, 0.15) is 0 Å². The van der Waals surface area contributed by atoms with Crippen LogP contribution in [0.3, 0.4) is 0 Å². The largest absolute Gasteiger partial charge is 0.359 e. The molecule has 0 unspecified atom stereocenters. The third-order valence-corrected chi connectivity index (χ3v) is 5.55. The van der Waals surface area contributed by atoms with Crippen LogP contribution < -0.4 is 15.5 Å². The van der Waals surface area contributed by atoms with Crippen LogP contribution in [0, 0.1) is 0 Å². The van der Waals surface area contributed by atoms with E-state index in [0.717, 1.165) is 10.9 Å². The monoisotopic (exact) mass is 468 g/mol. The summed E-state index contributed by atoms with van der Waals surface area (Å²) >= 11 is 12.4. The fourth-order valence-corrected chi connectivity index (χ4v) is 4.01. The summed E-state index contributed by atoms with van der Waals surface area (Å²) in [6.07, 6.45) is 0.854. The lowest BCUT2D eigenvalue weighted by molar-refractivity contribution is 0.0853. The number of piperazine rings is 1. The molecular formula is C20H20Cl2F2N6O. The molecular weight excluding hydrogens is 449 g/mol. The zero-order valence-corrected chi connectivity index (χ0v) is 17.9. The lowest BCUT2D eigenvalue weighted by Gasteiger charge is -2.35. The van der Waals surface area contributed by atoms with Gasteiger partial charge in [0.15, 0.2) is 0 Å². The summed E-state index contributed by atoms with van der Waals surface area (Å²) in [6, 6.07) is 6.51. The molecule has 2 amide bonds. The number of urea groups is 1. The number of amides is 2. The van der Waals surface area contributed by atoms with Crippen LogP contribution in [0.4, 0.5) is 30.8 Å². The van der Waals surface area contributed by atoms with Crippen molar-refractivity contribution in [3.63, 3.8) is 0 Å². The molecule has 2 aromatic heterocycles. The number of carbonyl (C=O) groups excluding carboxylic acids is 1. The predicted molar refractivity (Wildman–Crippen MR) is 120 cm³/mol. The average molecular weight is 469 g/mol. The summed E-state index contributed by atoms with van der Waals surface area (Å²) in [5.41, 5.74) is 1.87. The van der Waals surface area contributed by atoms with E-state index in [0.29, 0.717) is 53.4 Å². The van der Waals surface area contributed by atoms with Crippen molar-refractivity contribution in [1.82, 2.24) is 14.9 Å². The van der Waals surface area contributed by atoms with Gasteiger partial charge in [0, 0.05) is 48.3 Å². The number of H-pyrrole nitrogens is 1. The maximum absolute atomic E-state index is 12.5. The van der Waals surface area contributed by atoms with Gasteiger partial charge in [-0.05, 0) is 24.3 Å². The second-order valence-electron chi connectivity index (χ2n) is 7.18. The lowest BCUT2D eigenvalue weighted by Crippen LogP contribution is -2.48. The number of pyridine rings is 1. The molecule has 1 saturated heterocycles. The molecule has 1 aromatic carbocycles. The molecule has 3 heterocycles. The number of anilines is 3. The Kier molecular flexibility index (Phi) is 6.45. The summed E-state index contributed by atoms with van der Waals surface area (Å²) < 4.78 is 25.1. The topological polar surface area (TPSA) is 76.3 Å². The van der Waals surface area contributed by atoms with Gasteiger partial charge in [0.2, 0.25) is 0 Å². The summed E-state index contributed by atoms with van der Waals surface area (Å²) in [4.78, 5) is 23.5. The number of alkyl halides is 2. The van der Waals surface area contributed by atoms with Crippen LogP contribution in [0.5, 0.6) is 0 Å². The van der Waals surface area contributed by atoms with Crippen LogP contribution in [-0.4, -0.2) is 60.0 Å². The SMILES string of the molecule is O=C(Nc1cnc(N2CCN(CC(F)F)CC2)c(Cl)c1)Nc1c[nH]c2ccc(Cl)cc12. The number of carbonyl (C=O) groups is 1. The number of aromatic nitrogens is 2. The van der Waals surface area contributed by atoms with Gasteiger partial charge in [0.1, 0.15) is 5.82 Å². The fourth-order valence-electron chi connectivity index (χ4n) is 3.55. The van der Waals surface area contributed by atoms with E-state index < -0.39 is 12.5 Å². The van der Waals surface area contributed by atoms with E-state index >= 15 is 0 Å². The predicted octanol–water partition coefficient (Wildman–Crippen LogP) is 4.90. The van der Waals surface area contributed by atoms with E-state index in [1.54, 1.807) is 29.3 Å². The smallest absolute Gasteiger partial charge is 0.323 e.